The molecule has 0 bridgehead atoms. The summed E-state index contributed by atoms with van der Waals surface area (Å²) in [5.74, 6) is 1.11. The van der Waals surface area contributed by atoms with Gasteiger partial charge in [0, 0.05) is 12.5 Å². The van der Waals surface area contributed by atoms with Gasteiger partial charge in [-0.25, -0.2) is 0 Å². The normalized spacial score (nSPS) is 12.1. The van der Waals surface area contributed by atoms with Gasteiger partial charge in [-0.1, -0.05) is 5.16 Å². The van der Waals surface area contributed by atoms with Gasteiger partial charge in [-0.15, -0.1) is 12.4 Å². The number of nitrogens with zero attached hydrogens (tertiary/aromatic N) is 4. The van der Waals surface area contributed by atoms with Crippen LogP contribution in [0.15, 0.2) is 10.7 Å². The van der Waals surface area contributed by atoms with Crippen LogP contribution in [0.25, 0.3) is 11.6 Å². The molecule has 0 spiro atoms. The summed E-state index contributed by atoms with van der Waals surface area (Å²) in [4.78, 5) is 4.23. The van der Waals surface area contributed by atoms with E-state index in [-0.39, 0.29) is 12.4 Å². The van der Waals surface area contributed by atoms with Gasteiger partial charge in [0.25, 0.3) is 5.89 Å². The van der Waals surface area contributed by atoms with Crippen LogP contribution in [0.3, 0.4) is 0 Å². The molecular weight excluding hydrogens is 250 g/mol. The highest BCUT2D eigenvalue weighted by Crippen LogP contribution is 2.14. The number of rotatable bonds is 4. The molecule has 8 heteroatoms. The average molecular weight is 262 g/mol. The molecule has 2 aromatic rings. The standard InChI is InChI=1S/C8H11N5OS.ClH/c1-5(9-2)3-7-11-8(14-12-7)6-4-10-15-13-6;/h4-5,9H,3H2,1-2H3;1H. The maximum atomic E-state index is 5.07. The molecule has 0 amide bonds. The predicted octanol–water partition coefficient (Wildman–Crippen LogP) is 1.16. The molecule has 2 heterocycles. The minimum absolute atomic E-state index is 0. The third-order valence-corrected chi connectivity index (χ3v) is 2.51. The van der Waals surface area contributed by atoms with Crippen molar-refractivity contribution >= 4 is 24.1 Å². The second-order valence-electron chi connectivity index (χ2n) is 3.20. The SMILES string of the molecule is CNC(C)Cc1noc(-c2cnsn2)n1.Cl. The van der Waals surface area contributed by atoms with Gasteiger partial charge >= 0.3 is 0 Å². The monoisotopic (exact) mass is 261 g/mol. The topological polar surface area (TPSA) is 76.7 Å². The Bertz CT molecular complexity index is 418. The Kier molecular flexibility index (Phi) is 4.78. The Balaban J connectivity index is 0.00000128. The fourth-order valence-corrected chi connectivity index (χ4v) is 1.48. The Labute approximate surface area is 103 Å². The molecule has 2 rings (SSSR count). The molecular formula is C8H12ClN5OS. The van der Waals surface area contributed by atoms with Gasteiger partial charge in [0.05, 0.1) is 17.9 Å². The summed E-state index contributed by atoms with van der Waals surface area (Å²) in [6, 6.07) is 0.323. The Morgan fingerprint density at radius 3 is 3.00 bits per heavy atom. The zero-order chi connectivity index (χ0) is 10.7. The molecule has 0 saturated carbocycles. The summed E-state index contributed by atoms with van der Waals surface area (Å²) in [7, 11) is 1.90. The Hall–Kier alpha value is -1.05. The molecule has 0 aliphatic rings. The summed E-state index contributed by atoms with van der Waals surface area (Å²) in [6.45, 7) is 2.06. The summed E-state index contributed by atoms with van der Waals surface area (Å²) >= 11 is 1.12. The van der Waals surface area contributed by atoms with Crippen LogP contribution in [0.2, 0.25) is 0 Å². The van der Waals surface area contributed by atoms with Crippen LogP contribution in [-0.2, 0) is 6.42 Å². The first-order chi connectivity index (χ1) is 7.29. The molecule has 6 nitrogen and oxygen atoms in total. The van der Waals surface area contributed by atoms with E-state index < -0.39 is 0 Å². The molecule has 0 radical (unpaired) electrons. The number of aromatic nitrogens is 4. The van der Waals surface area contributed by atoms with Gasteiger partial charge in [0.2, 0.25) is 0 Å². The van der Waals surface area contributed by atoms with Crippen molar-refractivity contribution < 1.29 is 4.52 Å². The number of hydrogen-bond acceptors (Lipinski definition) is 7. The van der Waals surface area contributed by atoms with Crippen molar-refractivity contribution in [3.05, 3.63) is 12.0 Å². The molecule has 0 aromatic carbocycles. The van der Waals surface area contributed by atoms with Crippen LogP contribution in [0.5, 0.6) is 0 Å². The van der Waals surface area contributed by atoms with E-state index in [0.717, 1.165) is 18.1 Å². The first kappa shape index (κ1) is 13.0. The molecule has 88 valence electrons. The lowest BCUT2D eigenvalue weighted by Gasteiger charge is -2.04. The molecule has 1 unspecified atom stereocenters. The fourth-order valence-electron chi connectivity index (χ4n) is 1.08. The van der Waals surface area contributed by atoms with Crippen LogP contribution < -0.4 is 5.32 Å². The van der Waals surface area contributed by atoms with E-state index in [2.05, 4.69) is 31.1 Å². The molecule has 2 aromatic heterocycles. The van der Waals surface area contributed by atoms with E-state index in [9.17, 15) is 0 Å². The largest absolute Gasteiger partial charge is 0.332 e. The van der Waals surface area contributed by atoms with Crippen LogP contribution in [0.4, 0.5) is 0 Å². The summed E-state index contributed by atoms with van der Waals surface area (Å²) in [6.07, 6.45) is 2.35. The Morgan fingerprint density at radius 2 is 2.38 bits per heavy atom. The van der Waals surface area contributed by atoms with Gasteiger partial charge in [-0.05, 0) is 14.0 Å². The van der Waals surface area contributed by atoms with Crippen LogP contribution in [-0.4, -0.2) is 32.0 Å². The molecule has 0 fully saturated rings. The van der Waals surface area contributed by atoms with E-state index in [1.165, 1.54) is 0 Å². The first-order valence-electron chi connectivity index (χ1n) is 4.57. The zero-order valence-electron chi connectivity index (χ0n) is 8.88. The highest BCUT2D eigenvalue weighted by atomic mass is 35.5. The quantitative estimate of drug-likeness (QED) is 0.890. The maximum absolute atomic E-state index is 5.07. The van der Waals surface area contributed by atoms with E-state index in [0.29, 0.717) is 23.5 Å². The van der Waals surface area contributed by atoms with Crippen molar-refractivity contribution in [2.45, 2.75) is 19.4 Å². The van der Waals surface area contributed by atoms with Gasteiger partial charge < -0.3 is 9.84 Å². The minimum Gasteiger partial charge on any atom is -0.332 e. The average Bonchev–Trinajstić information content (AvgIpc) is 2.85. The van der Waals surface area contributed by atoms with Gasteiger partial charge in [-0.3, -0.25) is 0 Å². The molecule has 16 heavy (non-hydrogen) atoms. The van der Waals surface area contributed by atoms with Crippen molar-refractivity contribution in [3.63, 3.8) is 0 Å². The summed E-state index contributed by atoms with van der Waals surface area (Å²) in [5.41, 5.74) is 0.635. The van der Waals surface area contributed by atoms with Gasteiger partial charge in [0.1, 0.15) is 0 Å². The van der Waals surface area contributed by atoms with Crippen LogP contribution in [0.1, 0.15) is 12.7 Å². The summed E-state index contributed by atoms with van der Waals surface area (Å²) in [5, 5.41) is 6.98. The molecule has 0 aliphatic carbocycles. The highest BCUT2D eigenvalue weighted by molar-refractivity contribution is 6.99. The van der Waals surface area contributed by atoms with E-state index in [4.69, 9.17) is 4.52 Å². The highest BCUT2D eigenvalue weighted by Gasteiger charge is 2.12. The fraction of sp³-hybridized carbons (Fsp3) is 0.500. The molecule has 0 saturated heterocycles. The predicted molar refractivity (Wildman–Crippen MR) is 62.7 cm³/mol. The number of halogens is 1. The summed E-state index contributed by atoms with van der Waals surface area (Å²) < 4.78 is 13.0. The molecule has 1 N–H and O–H groups in total. The number of hydrogen-bond donors (Lipinski definition) is 1. The van der Waals surface area contributed by atoms with Crippen molar-refractivity contribution in [3.8, 4) is 11.6 Å². The van der Waals surface area contributed by atoms with Crippen molar-refractivity contribution in [2.24, 2.45) is 0 Å². The van der Waals surface area contributed by atoms with E-state index in [1.807, 2.05) is 7.05 Å². The minimum atomic E-state index is 0. The number of nitrogens with one attached hydrogen (secondary N) is 1. The maximum Gasteiger partial charge on any atom is 0.279 e. The van der Waals surface area contributed by atoms with Crippen LogP contribution in [0, 0.1) is 0 Å². The second kappa shape index (κ2) is 5.88. The van der Waals surface area contributed by atoms with E-state index in [1.54, 1.807) is 6.20 Å². The number of likely N-dealkylation sites (N-methyl/N-ethyl adjacent to an activating group) is 1. The van der Waals surface area contributed by atoms with Crippen molar-refractivity contribution in [2.75, 3.05) is 7.05 Å². The molecule has 0 aliphatic heterocycles. The van der Waals surface area contributed by atoms with Gasteiger partial charge in [-0.2, -0.15) is 13.7 Å². The zero-order valence-corrected chi connectivity index (χ0v) is 10.5. The third-order valence-electron chi connectivity index (χ3n) is 2.03. The smallest absolute Gasteiger partial charge is 0.279 e. The second-order valence-corrected chi connectivity index (χ2v) is 3.76. The van der Waals surface area contributed by atoms with Gasteiger partial charge in [0.15, 0.2) is 11.5 Å². The lowest BCUT2D eigenvalue weighted by molar-refractivity contribution is 0.417. The molecule has 1 atom stereocenters. The lowest BCUT2D eigenvalue weighted by Crippen LogP contribution is -2.24. The lowest BCUT2D eigenvalue weighted by atomic mass is 10.2. The Morgan fingerprint density at radius 1 is 1.56 bits per heavy atom. The van der Waals surface area contributed by atoms with E-state index >= 15 is 0 Å². The van der Waals surface area contributed by atoms with Crippen molar-refractivity contribution in [1.29, 1.82) is 0 Å². The first-order valence-corrected chi connectivity index (χ1v) is 5.30. The van der Waals surface area contributed by atoms with Crippen molar-refractivity contribution in [1.82, 2.24) is 24.2 Å². The van der Waals surface area contributed by atoms with Crippen LogP contribution >= 0.6 is 24.1 Å². The third kappa shape index (κ3) is 2.97.